The summed E-state index contributed by atoms with van der Waals surface area (Å²) in [5.41, 5.74) is 5.40. The van der Waals surface area contributed by atoms with Gasteiger partial charge in [-0.1, -0.05) is 310 Å². The number of phosphoric ester groups is 1. The lowest BCUT2D eigenvalue weighted by atomic mass is 10.0. The van der Waals surface area contributed by atoms with Gasteiger partial charge in [-0.05, 0) is 96.3 Å². The minimum absolute atomic E-state index is 0.0521. The van der Waals surface area contributed by atoms with Gasteiger partial charge in [0, 0.05) is 19.4 Å². The van der Waals surface area contributed by atoms with Crippen molar-refractivity contribution >= 4 is 19.8 Å². The summed E-state index contributed by atoms with van der Waals surface area (Å²) in [6.45, 7) is 3.67. The number of hydrogen-bond donors (Lipinski definition) is 2. The van der Waals surface area contributed by atoms with Gasteiger partial charge in [0.25, 0.3) is 0 Å². The fourth-order valence-corrected chi connectivity index (χ4v) is 10.6. The molecule has 0 fully saturated rings. The number of esters is 2. The van der Waals surface area contributed by atoms with E-state index in [0.29, 0.717) is 6.42 Å². The number of hydrogen-bond acceptors (Lipinski definition) is 8. The number of carbonyl (C=O) groups excluding carboxylic acids is 2. The SMILES string of the molecule is CC/C=C\C/C=C\C/C=C\C/C=C\C/C=C\C/C=C\C/C=C\CCCCCCCCCCCCCCCCCCCC(=O)OC(COC(=O)CCCCCCCCCCCCC/C=C\CCCCCCCCCC)COP(=O)(O)OCCN. The van der Waals surface area contributed by atoms with E-state index in [4.69, 9.17) is 24.3 Å². The summed E-state index contributed by atoms with van der Waals surface area (Å²) in [6.07, 6.45) is 92.1. The Balaban J connectivity index is 3.86. The molecule has 0 aromatic heterocycles. The van der Waals surface area contributed by atoms with Gasteiger partial charge in [-0.3, -0.25) is 18.6 Å². The van der Waals surface area contributed by atoms with Crippen LogP contribution in [0.5, 0.6) is 0 Å². The van der Waals surface area contributed by atoms with Crippen LogP contribution in [0.15, 0.2) is 97.2 Å². The molecule has 0 aromatic carbocycles. The molecule has 0 saturated carbocycles. The van der Waals surface area contributed by atoms with E-state index >= 15 is 0 Å². The van der Waals surface area contributed by atoms with Crippen LogP contribution in [-0.2, 0) is 32.7 Å². The first-order valence-corrected chi connectivity index (χ1v) is 36.2. The second-order valence-electron chi connectivity index (χ2n) is 23.0. The molecule has 0 aliphatic carbocycles. The van der Waals surface area contributed by atoms with Crippen LogP contribution in [0, 0.1) is 0 Å². The number of nitrogens with two attached hydrogens (primary N) is 1. The molecule has 0 aromatic rings. The lowest BCUT2D eigenvalue weighted by Gasteiger charge is -2.19. The quantitative estimate of drug-likeness (QED) is 0.0264. The Morgan fingerprint density at radius 1 is 0.373 bits per heavy atom. The highest BCUT2D eigenvalue weighted by Crippen LogP contribution is 2.43. The Bertz CT molecular complexity index is 1680. The monoisotopic (exact) mass is 1180 g/mol. The Labute approximate surface area is 512 Å². The zero-order valence-electron chi connectivity index (χ0n) is 53.9. The average Bonchev–Trinajstić information content (AvgIpc) is 3.48. The van der Waals surface area contributed by atoms with Gasteiger partial charge in [0.05, 0.1) is 13.2 Å². The van der Waals surface area contributed by atoms with Crippen molar-refractivity contribution in [3.8, 4) is 0 Å². The predicted molar refractivity (Wildman–Crippen MR) is 358 cm³/mol. The van der Waals surface area contributed by atoms with E-state index in [1.807, 2.05) is 0 Å². The molecule has 10 heteroatoms. The molecule has 0 heterocycles. The fraction of sp³-hybridized carbons (Fsp3) is 0.753. The van der Waals surface area contributed by atoms with E-state index in [1.54, 1.807) is 0 Å². The van der Waals surface area contributed by atoms with Crippen molar-refractivity contribution < 1.29 is 37.6 Å². The summed E-state index contributed by atoms with van der Waals surface area (Å²) < 4.78 is 33.2. The van der Waals surface area contributed by atoms with Crippen LogP contribution in [0.2, 0.25) is 0 Å². The van der Waals surface area contributed by atoms with E-state index < -0.39 is 26.5 Å². The molecule has 0 amide bonds. The average molecular weight is 1180 g/mol. The van der Waals surface area contributed by atoms with Gasteiger partial charge >= 0.3 is 19.8 Å². The molecule has 0 aliphatic heterocycles. The van der Waals surface area contributed by atoms with Crippen molar-refractivity contribution in [2.45, 2.75) is 328 Å². The highest BCUT2D eigenvalue weighted by molar-refractivity contribution is 7.47. The summed E-state index contributed by atoms with van der Waals surface area (Å²) in [7, 11) is -4.39. The molecule has 2 atom stereocenters. The van der Waals surface area contributed by atoms with Gasteiger partial charge in [-0.15, -0.1) is 0 Å². The normalized spacial score (nSPS) is 13.5. The molecule has 0 radical (unpaired) electrons. The third kappa shape index (κ3) is 67.9. The molecular weight excluding hydrogens is 1050 g/mol. The van der Waals surface area contributed by atoms with E-state index in [0.717, 1.165) is 83.5 Å². The van der Waals surface area contributed by atoms with E-state index in [2.05, 4.69) is 111 Å². The van der Waals surface area contributed by atoms with Crippen molar-refractivity contribution in [1.82, 2.24) is 0 Å². The van der Waals surface area contributed by atoms with Crippen molar-refractivity contribution in [1.29, 1.82) is 0 Å². The maximum absolute atomic E-state index is 12.8. The number of carbonyl (C=O) groups is 2. The number of allylic oxidation sites excluding steroid dienone is 16. The lowest BCUT2D eigenvalue weighted by molar-refractivity contribution is -0.161. The van der Waals surface area contributed by atoms with Crippen LogP contribution in [0.1, 0.15) is 322 Å². The zero-order chi connectivity index (χ0) is 60.1. The summed E-state index contributed by atoms with van der Waals surface area (Å²) in [5, 5.41) is 0. The fourth-order valence-electron chi connectivity index (χ4n) is 9.85. The van der Waals surface area contributed by atoms with E-state index in [1.165, 1.54) is 205 Å². The maximum atomic E-state index is 12.8. The highest BCUT2D eigenvalue weighted by Gasteiger charge is 2.26. The van der Waals surface area contributed by atoms with Crippen LogP contribution in [-0.4, -0.2) is 49.3 Å². The molecular formula is C73H130NO8P. The van der Waals surface area contributed by atoms with Crippen molar-refractivity contribution in [3.63, 3.8) is 0 Å². The van der Waals surface area contributed by atoms with Gasteiger partial charge in [-0.2, -0.15) is 0 Å². The molecule has 3 N–H and O–H groups in total. The van der Waals surface area contributed by atoms with E-state index in [9.17, 15) is 19.0 Å². The third-order valence-electron chi connectivity index (χ3n) is 15.0. The van der Waals surface area contributed by atoms with Crippen molar-refractivity contribution in [3.05, 3.63) is 97.2 Å². The minimum atomic E-state index is -4.39. The minimum Gasteiger partial charge on any atom is -0.462 e. The molecule has 0 bridgehead atoms. The Morgan fingerprint density at radius 2 is 0.663 bits per heavy atom. The molecule has 480 valence electrons. The summed E-state index contributed by atoms with van der Waals surface area (Å²) >= 11 is 0. The molecule has 83 heavy (non-hydrogen) atoms. The predicted octanol–water partition coefficient (Wildman–Crippen LogP) is 22.7. The van der Waals surface area contributed by atoms with Crippen LogP contribution >= 0.6 is 7.82 Å². The van der Waals surface area contributed by atoms with Gasteiger partial charge < -0.3 is 20.1 Å². The molecule has 2 unspecified atom stereocenters. The van der Waals surface area contributed by atoms with Gasteiger partial charge in [0.2, 0.25) is 0 Å². The Morgan fingerprint density at radius 3 is 1.00 bits per heavy atom. The van der Waals surface area contributed by atoms with Crippen molar-refractivity contribution in [2.75, 3.05) is 26.4 Å². The van der Waals surface area contributed by atoms with Gasteiger partial charge in [-0.25, -0.2) is 4.57 Å². The van der Waals surface area contributed by atoms with Crippen LogP contribution in [0.25, 0.3) is 0 Å². The number of phosphoric acid groups is 1. The summed E-state index contributed by atoms with van der Waals surface area (Å²) in [5.74, 6) is -0.818. The van der Waals surface area contributed by atoms with Crippen LogP contribution < -0.4 is 5.73 Å². The summed E-state index contributed by atoms with van der Waals surface area (Å²) in [6, 6.07) is 0. The van der Waals surface area contributed by atoms with Gasteiger partial charge in [0.1, 0.15) is 6.61 Å². The Hall–Kier alpha value is -3.07. The topological polar surface area (TPSA) is 134 Å². The highest BCUT2D eigenvalue weighted by atomic mass is 31.2. The van der Waals surface area contributed by atoms with Crippen molar-refractivity contribution in [2.24, 2.45) is 5.73 Å². The smallest absolute Gasteiger partial charge is 0.462 e. The molecule has 0 saturated heterocycles. The first kappa shape index (κ1) is 79.9. The largest absolute Gasteiger partial charge is 0.472 e. The molecule has 0 aliphatic rings. The third-order valence-corrected chi connectivity index (χ3v) is 15.9. The standard InChI is InChI=1S/C73H130NO8P/c1-3-5-7-9-11-13-15-17-19-21-23-25-27-28-29-30-31-32-33-34-35-36-37-38-39-40-41-42-44-46-48-50-52-54-56-58-60-62-64-66-73(76)82-71(70-81-83(77,78)80-68-67-74)69-79-72(75)65-63-61-59-57-55-53-51-49-47-45-43-26-24-22-20-18-16-14-12-10-8-6-4-2/h5,7,11,13,17,19,22-25,28-29,31-32,34-35,71H,3-4,6,8-10,12,14-16,18,20-21,26-27,30,33,36-70,74H2,1-2H3,(H,77,78)/b7-5-,13-11-,19-17-,24-22-,25-23-,29-28-,32-31-,35-34-. The van der Waals surface area contributed by atoms with E-state index in [-0.39, 0.29) is 38.6 Å². The maximum Gasteiger partial charge on any atom is 0.472 e. The second kappa shape index (κ2) is 68.0. The lowest BCUT2D eigenvalue weighted by Crippen LogP contribution is -2.29. The first-order valence-electron chi connectivity index (χ1n) is 34.7. The van der Waals surface area contributed by atoms with Crippen LogP contribution in [0.4, 0.5) is 0 Å². The Kier molecular flexibility index (Phi) is 65.5. The zero-order valence-corrected chi connectivity index (χ0v) is 54.8. The summed E-state index contributed by atoms with van der Waals surface area (Å²) in [4.78, 5) is 35.3. The second-order valence-corrected chi connectivity index (χ2v) is 24.5. The molecule has 9 nitrogen and oxygen atoms in total. The van der Waals surface area contributed by atoms with Gasteiger partial charge in [0.15, 0.2) is 6.10 Å². The number of ether oxygens (including phenoxy) is 2. The number of unbranched alkanes of at least 4 members (excludes halogenated alkanes) is 36. The number of rotatable bonds is 65. The first-order chi connectivity index (χ1) is 40.8. The molecule has 0 rings (SSSR count). The van der Waals surface area contributed by atoms with Crippen LogP contribution in [0.3, 0.4) is 0 Å². The molecule has 0 spiro atoms.